The predicted octanol–water partition coefficient (Wildman–Crippen LogP) is 1.71. The van der Waals surface area contributed by atoms with Crippen LogP contribution in [0.1, 0.15) is 12.8 Å². The molecule has 0 aliphatic carbocycles. The molecule has 1 atom stereocenters. The first-order valence-corrected chi connectivity index (χ1v) is 7.81. The maximum Gasteiger partial charge on any atom is 0.290 e. The van der Waals surface area contributed by atoms with Crippen LogP contribution in [-0.2, 0) is 14.8 Å². The number of benzene rings is 1. The van der Waals surface area contributed by atoms with Crippen LogP contribution in [0.2, 0.25) is 5.02 Å². The van der Waals surface area contributed by atoms with Gasteiger partial charge in [0.25, 0.3) is 5.69 Å². The average Bonchev–Trinajstić information content (AvgIpc) is 2.89. The standard InChI is InChI=1S/C11H13ClN2O5S/c12-8-3-4-11(10(6-8)14(15)16)20(17,18)13-7-9-2-1-5-19-9/h3-4,6,9,13H,1-2,5,7H2. The van der Waals surface area contributed by atoms with E-state index in [4.69, 9.17) is 16.3 Å². The third-order valence-electron chi connectivity index (χ3n) is 2.93. The van der Waals surface area contributed by atoms with Crippen molar-refractivity contribution in [2.45, 2.75) is 23.8 Å². The molecule has 1 N–H and O–H groups in total. The molecule has 0 bridgehead atoms. The highest BCUT2D eigenvalue weighted by Gasteiger charge is 2.27. The number of ether oxygens (including phenoxy) is 1. The lowest BCUT2D eigenvalue weighted by atomic mass is 10.2. The van der Waals surface area contributed by atoms with Gasteiger partial charge in [-0.05, 0) is 25.0 Å². The van der Waals surface area contributed by atoms with E-state index in [1.54, 1.807) is 0 Å². The van der Waals surface area contributed by atoms with E-state index in [0.29, 0.717) is 6.61 Å². The van der Waals surface area contributed by atoms with Gasteiger partial charge in [-0.2, -0.15) is 0 Å². The summed E-state index contributed by atoms with van der Waals surface area (Å²) in [7, 11) is -3.97. The van der Waals surface area contributed by atoms with Gasteiger partial charge < -0.3 is 4.74 Å². The number of nitro benzene ring substituents is 1. The Balaban J connectivity index is 2.22. The molecule has 0 aromatic heterocycles. The fraction of sp³-hybridized carbons (Fsp3) is 0.455. The number of rotatable bonds is 5. The van der Waals surface area contributed by atoms with E-state index in [-0.39, 0.29) is 17.7 Å². The van der Waals surface area contributed by atoms with Gasteiger partial charge in [0.15, 0.2) is 4.90 Å². The lowest BCUT2D eigenvalue weighted by Crippen LogP contribution is -2.32. The van der Waals surface area contributed by atoms with Crippen LogP contribution in [0.15, 0.2) is 23.1 Å². The topological polar surface area (TPSA) is 98.5 Å². The van der Waals surface area contributed by atoms with Gasteiger partial charge in [0.1, 0.15) is 0 Å². The maximum atomic E-state index is 12.1. The summed E-state index contributed by atoms with van der Waals surface area (Å²) in [6.45, 7) is 0.704. The van der Waals surface area contributed by atoms with E-state index in [2.05, 4.69) is 4.72 Å². The fourth-order valence-corrected chi connectivity index (χ4v) is 3.33. The first-order chi connectivity index (χ1) is 9.40. The zero-order valence-corrected chi connectivity index (χ0v) is 12.0. The van der Waals surface area contributed by atoms with Crippen LogP contribution in [0.3, 0.4) is 0 Å². The lowest BCUT2D eigenvalue weighted by Gasteiger charge is -2.11. The fourth-order valence-electron chi connectivity index (χ4n) is 1.95. The van der Waals surface area contributed by atoms with Gasteiger partial charge >= 0.3 is 0 Å². The quantitative estimate of drug-likeness (QED) is 0.657. The predicted molar refractivity (Wildman–Crippen MR) is 72.3 cm³/mol. The van der Waals surface area contributed by atoms with Gasteiger partial charge in [0.2, 0.25) is 10.0 Å². The molecule has 1 saturated heterocycles. The molecular formula is C11H13ClN2O5S. The van der Waals surface area contributed by atoms with Gasteiger partial charge in [0, 0.05) is 24.2 Å². The van der Waals surface area contributed by atoms with Crippen molar-refractivity contribution in [3.05, 3.63) is 33.3 Å². The molecule has 0 amide bonds. The monoisotopic (exact) mass is 320 g/mol. The number of hydrogen-bond donors (Lipinski definition) is 1. The number of sulfonamides is 1. The van der Waals surface area contributed by atoms with Crippen molar-refractivity contribution in [3.8, 4) is 0 Å². The highest BCUT2D eigenvalue weighted by molar-refractivity contribution is 7.89. The number of nitrogens with zero attached hydrogens (tertiary/aromatic N) is 1. The van der Waals surface area contributed by atoms with Crippen LogP contribution in [0.4, 0.5) is 5.69 Å². The molecule has 1 aromatic carbocycles. The number of hydrogen-bond acceptors (Lipinski definition) is 5. The molecule has 110 valence electrons. The first kappa shape index (κ1) is 15.2. The number of nitro groups is 1. The molecule has 0 radical (unpaired) electrons. The van der Waals surface area contributed by atoms with Crippen molar-refractivity contribution in [3.63, 3.8) is 0 Å². The lowest BCUT2D eigenvalue weighted by molar-refractivity contribution is -0.387. The summed E-state index contributed by atoms with van der Waals surface area (Å²) in [6, 6.07) is 3.44. The van der Waals surface area contributed by atoms with E-state index in [0.717, 1.165) is 25.0 Å². The summed E-state index contributed by atoms with van der Waals surface area (Å²) in [5.41, 5.74) is -0.544. The van der Waals surface area contributed by atoms with Crippen molar-refractivity contribution in [1.29, 1.82) is 0 Å². The smallest absolute Gasteiger partial charge is 0.290 e. The molecule has 1 aromatic rings. The Hall–Kier alpha value is -1.22. The number of nitrogens with one attached hydrogen (secondary N) is 1. The van der Waals surface area contributed by atoms with Crippen LogP contribution in [0, 0.1) is 10.1 Å². The molecule has 0 saturated carbocycles. The van der Waals surface area contributed by atoms with Gasteiger partial charge in [-0.15, -0.1) is 0 Å². The minimum absolute atomic E-state index is 0.0993. The molecule has 1 fully saturated rings. The van der Waals surface area contributed by atoms with Crippen LogP contribution in [0.5, 0.6) is 0 Å². The highest BCUT2D eigenvalue weighted by atomic mass is 35.5. The van der Waals surface area contributed by atoms with Crippen LogP contribution < -0.4 is 4.72 Å². The molecular weight excluding hydrogens is 308 g/mol. The molecule has 1 heterocycles. The SMILES string of the molecule is O=[N+]([O-])c1cc(Cl)ccc1S(=O)(=O)NCC1CCCO1. The Kier molecular flexibility index (Phi) is 4.59. The van der Waals surface area contributed by atoms with Crippen LogP contribution in [-0.4, -0.2) is 32.6 Å². The molecule has 2 rings (SSSR count). The zero-order chi connectivity index (χ0) is 14.8. The van der Waals surface area contributed by atoms with Crippen molar-refractivity contribution < 1.29 is 18.1 Å². The summed E-state index contributed by atoms with van der Waals surface area (Å²) in [6.07, 6.45) is 1.47. The van der Waals surface area contributed by atoms with E-state index >= 15 is 0 Å². The van der Waals surface area contributed by atoms with Gasteiger partial charge in [-0.25, -0.2) is 13.1 Å². The summed E-state index contributed by atoms with van der Waals surface area (Å²) in [5.74, 6) is 0. The average molecular weight is 321 g/mol. The van der Waals surface area contributed by atoms with Crippen LogP contribution in [0.25, 0.3) is 0 Å². The van der Waals surface area contributed by atoms with Crippen molar-refractivity contribution in [1.82, 2.24) is 4.72 Å². The Morgan fingerprint density at radius 3 is 2.85 bits per heavy atom. The van der Waals surface area contributed by atoms with Gasteiger partial charge in [-0.3, -0.25) is 10.1 Å². The van der Waals surface area contributed by atoms with Crippen LogP contribution >= 0.6 is 11.6 Å². The Morgan fingerprint density at radius 2 is 2.25 bits per heavy atom. The molecule has 0 spiro atoms. The summed E-state index contributed by atoms with van der Waals surface area (Å²) < 4.78 is 31.9. The zero-order valence-electron chi connectivity index (χ0n) is 10.4. The largest absolute Gasteiger partial charge is 0.377 e. The minimum Gasteiger partial charge on any atom is -0.377 e. The second-order valence-electron chi connectivity index (χ2n) is 4.36. The molecule has 7 nitrogen and oxygen atoms in total. The van der Waals surface area contributed by atoms with E-state index in [9.17, 15) is 18.5 Å². The minimum atomic E-state index is -3.97. The highest BCUT2D eigenvalue weighted by Crippen LogP contribution is 2.27. The Labute approximate surface area is 121 Å². The molecule has 1 aliphatic rings. The molecule has 9 heteroatoms. The summed E-state index contributed by atoms with van der Waals surface area (Å²) in [4.78, 5) is 9.74. The summed E-state index contributed by atoms with van der Waals surface area (Å²) in [5, 5.41) is 11.0. The molecule has 1 aliphatic heterocycles. The Morgan fingerprint density at radius 1 is 1.50 bits per heavy atom. The molecule has 20 heavy (non-hydrogen) atoms. The third-order valence-corrected chi connectivity index (χ3v) is 4.64. The van der Waals surface area contributed by atoms with Gasteiger partial charge in [-0.1, -0.05) is 11.6 Å². The Bertz CT molecular complexity index is 613. The van der Waals surface area contributed by atoms with E-state index in [1.165, 1.54) is 6.07 Å². The second kappa shape index (κ2) is 6.04. The van der Waals surface area contributed by atoms with Gasteiger partial charge in [0.05, 0.1) is 11.0 Å². The molecule has 1 unspecified atom stereocenters. The maximum absolute atomic E-state index is 12.1. The second-order valence-corrected chi connectivity index (χ2v) is 6.53. The first-order valence-electron chi connectivity index (χ1n) is 5.95. The normalized spacial score (nSPS) is 19.1. The van der Waals surface area contributed by atoms with Crippen molar-refractivity contribution in [2.24, 2.45) is 0 Å². The van der Waals surface area contributed by atoms with Crippen molar-refractivity contribution >= 4 is 27.3 Å². The third kappa shape index (κ3) is 3.45. The summed E-state index contributed by atoms with van der Waals surface area (Å²) >= 11 is 5.65. The number of halogens is 1. The van der Waals surface area contributed by atoms with Crippen molar-refractivity contribution in [2.75, 3.05) is 13.2 Å². The van der Waals surface area contributed by atoms with E-state index < -0.39 is 25.5 Å². The van der Waals surface area contributed by atoms with E-state index in [1.807, 2.05) is 0 Å².